The van der Waals surface area contributed by atoms with Gasteiger partial charge in [-0.15, -0.1) is 0 Å². The minimum atomic E-state index is -1.09. The number of nitrogens with one attached hydrogen (secondary N) is 2. The van der Waals surface area contributed by atoms with Crippen molar-refractivity contribution in [1.29, 1.82) is 0 Å². The number of carbonyl (C=O) groups excluding carboxylic acids is 3. The number of H-pyrrole nitrogens is 2. The van der Waals surface area contributed by atoms with E-state index in [1.54, 1.807) is 83.1 Å². The number of aromatic amines is 2. The summed E-state index contributed by atoms with van der Waals surface area (Å²) in [7, 11) is 0. The number of hydrogen-bond donors (Lipinski definition) is 3. The number of carbonyl (C=O) groups is 4. The van der Waals surface area contributed by atoms with Crippen LogP contribution < -0.4 is 0 Å². The standard InChI is InChI=1S/C20H21N3O5.C16H13N3O5/c1-5-26-19(25)16-11-21-17(27-16)13-8-6-7-12(9-13)14-10-15(23-22-14)18(24)28-20(2,3)4;1-2-23-16(22)13-8-17-14(24-13)10-5-3-4-9(6-10)11-7-12(15(20)21)19-18-11/h6-11H,5H2,1-4H3,(H,22,23);3-8H,2H2,1H3,(H,18,19)(H,20,21). The van der Waals surface area contributed by atoms with Crippen molar-refractivity contribution >= 4 is 23.9 Å². The Morgan fingerprint density at radius 2 is 1.12 bits per heavy atom. The second-order valence-corrected chi connectivity index (χ2v) is 11.8. The Bertz CT molecular complexity index is 2200. The summed E-state index contributed by atoms with van der Waals surface area (Å²) in [5, 5.41) is 22.2. The minimum absolute atomic E-state index is 0.00359. The van der Waals surface area contributed by atoms with Crippen LogP contribution in [0.2, 0.25) is 0 Å². The lowest BCUT2D eigenvalue weighted by atomic mass is 10.1. The van der Waals surface area contributed by atoms with Gasteiger partial charge in [0, 0.05) is 22.3 Å². The maximum absolute atomic E-state index is 12.2. The minimum Gasteiger partial charge on any atom is -0.477 e. The first-order valence-electron chi connectivity index (χ1n) is 15.9. The number of carboxylic acids is 1. The maximum atomic E-state index is 12.2. The Labute approximate surface area is 296 Å². The number of hydrogen-bond acceptors (Lipinski definition) is 13. The number of oxazole rings is 2. The van der Waals surface area contributed by atoms with Crippen molar-refractivity contribution in [3.05, 3.63) is 96.0 Å². The number of rotatable bonds is 10. The molecule has 52 heavy (non-hydrogen) atoms. The van der Waals surface area contributed by atoms with Gasteiger partial charge in [-0.3, -0.25) is 10.2 Å². The van der Waals surface area contributed by atoms with E-state index in [0.717, 1.165) is 5.56 Å². The van der Waals surface area contributed by atoms with Crippen LogP contribution in [0.15, 0.2) is 81.9 Å². The zero-order valence-corrected chi connectivity index (χ0v) is 28.8. The molecule has 2 aromatic carbocycles. The molecule has 0 bridgehead atoms. The van der Waals surface area contributed by atoms with Crippen molar-refractivity contribution < 1.29 is 47.3 Å². The fourth-order valence-corrected chi connectivity index (χ4v) is 4.52. The molecule has 0 spiro atoms. The normalized spacial score (nSPS) is 10.9. The topological polar surface area (TPSA) is 226 Å². The monoisotopic (exact) mass is 710 g/mol. The molecule has 0 aliphatic rings. The smallest absolute Gasteiger partial charge is 0.375 e. The summed E-state index contributed by atoms with van der Waals surface area (Å²) < 4.78 is 26.0. The van der Waals surface area contributed by atoms with E-state index in [-0.39, 0.29) is 47.9 Å². The number of aromatic nitrogens is 6. The molecule has 0 aliphatic heterocycles. The Morgan fingerprint density at radius 1 is 0.673 bits per heavy atom. The van der Waals surface area contributed by atoms with Gasteiger partial charge in [0.2, 0.25) is 23.3 Å². The van der Waals surface area contributed by atoms with E-state index in [4.69, 9.17) is 28.2 Å². The number of ether oxygens (including phenoxy) is 3. The van der Waals surface area contributed by atoms with Gasteiger partial charge < -0.3 is 28.2 Å². The molecule has 4 heterocycles. The highest BCUT2D eigenvalue weighted by atomic mass is 16.6. The summed E-state index contributed by atoms with van der Waals surface area (Å²) in [6.45, 7) is 9.31. The van der Waals surface area contributed by atoms with Crippen LogP contribution in [0.1, 0.15) is 76.7 Å². The highest BCUT2D eigenvalue weighted by molar-refractivity contribution is 5.89. The van der Waals surface area contributed by atoms with Crippen LogP contribution in [0.25, 0.3) is 45.4 Å². The van der Waals surface area contributed by atoms with Crippen molar-refractivity contribution in [1.82, 2.24) is 30.4 Å². The second kappa shape index (κ2) is 15.8. The molecular weight excluding hydrogens is 676 g/mol. The first-order chi connectivity index (χ1) is 24.8. The fraction of sp³-hybridized carbons (Fsp3) is 0.222. The summed E-state index contributed by atoms with van der Waals surface area (Å²) in [4.78, 5) is 54.6. The zero-order valence-electron chi connectivity index (χ0n) is 28.8. The van der Waals surface area contributed by atoms with E-state index in [2.05, 4.69) is 30.4 Å². The van der Waals surface area contributed by atoms with Gasteiger partial charge in [-0.2, -0.15) is 10.2 Å². The molecule has 0 amide bonds. The van der Waals surface area contributed by atoms with Crippen LogP contribution >= 0.6 is 0 Å². The molecule has 3 N–H and O–H groups in total. The van der Waals surface area contributed by atoms with Crippen molar-refractivity contribution in [2.24, 2.45) is 0 Å². The van der Waals surface area contributed by atoms with Gasteiger partial charge in [-0.1, -0.05) is 24.3 Å². The molecule has 0 saturated heterocycles. The van der Waals surface area contributed by atoms with E-state index in [1.807, 2.05) is 6.07 Å². The number of carboxylic acid groups (broad SMARTS) is 1. The molecule has 16 nitrogen and oxygen atoms in total. The van der Waals surface area contributed by atoms with Gasteiger partial charge in [0.15, 0.2) is 0 Å². The van der Waals surface area contributed by atoms with E-state index in [1.165, 1.54) is 18.5 Å². The third-order valence-corrected chi connectivity index (χ3v) is 6.78. The summed E-state index contributed by atoms with van der Waals surface area (Å²) in [6, 6.07) is 17.3. The van der Waals surface area contributed by atoms with Crippen LogP contribution in [0.4, 0.5) is 0 Å². The highest BCUT2D eigenvalue weighted by Gasteiger charge is 2.21. The summed E-state index contributed by atoms with van der Waals surface area (Å²) >= 11 is 0. The Hall–Kier alpha value is -6.84. The second-order valence-electron chi connectivity index (χ2n) is 11.8. The number of aromatic carboxylic acids is 1. The summed E-state index contributed by atoms with van der Waals surface area (Å²) in [5.74, 6) is -2.11. The maximum Gasteiger partial charge on any atom is 0.375 e. The highest BCUT2D eigenvalue weighted by Crippen LogP contribution is 2.27. The Balaban J connectivity index is 0.000000203. The lowest BCUT2D eigenvalue weighted by molar-refractivity contribution is 0.00621. The first kappa shape index (κ1) is 36.4. The average molecular weight is 711 g/mol. The Morgan fingerprint density at radius 3 is 1.54 bits per heavy atom. The fourth-order valence-electron chi connectivity index (χ4n) is 4.52. The predicted octanol–water partition coefficient (Wildman–Crippen LogP) is 6.47. The molecule has 16 heteroatoms. The molecule has 268 valence electrons. The van der Waals surface area contributed by atoms with Crippen LogP contribution in [0.5, 0.6) is 0 Å². The molecule has 0 unspecified atom stereocenters. The van der Waals surface area contributed by atoms with E-state index < -0.39 is 29.5 Å². The lowest BCUT2D eigenvalue weighted by Crippen LogP contribution is -2.24. The van der Waals surface area contributed by atoms with Gasteiger partial charge in [-0.25, -0.2) is 29.1 Å². The molecule has 0 radical (unpaired) electrons. The number of nitrogens with zero attached hydrogens (tertiary/aromatic N) is 4. The van der Waals surface area contributed by atoms with Crippen LogP contribution in [0.3, 0.4) is 0 Å². The molecular formula is C36H34N6O10. The molecule has 0 atom stereocenters. The summed E-state index contributed by atoms with van der Waals surface area (Å²) in [5.41, 5.74) is 3.44. The number of esters is 3. The van der Waals surface area contributed by atoms with Crippen LogP contribution in [-0.4, -0.2) is 78.2 Å². The molecule has 4 aromatic heterocycles. The quantitative estimate of drug-likeness (QED) is 0.102. The summed E-state index contributed by atoms with van der Waals surface area (Å²) in [6.07, 6.45) is 2.63. The van der Waals surface area contributed by atoms with Gasteiger partial charge in [0.1, 0.15) is 17.0 Å². The largest absolute Gasteiger partial charge is 0.477 e. The number of benzene rings is 2. The Kier molecular flexibility index (Phi) is 11.1. The van der Waals surface area contributed by atoms with Crippen LogP contribution in [0, 0.1) is 0 Å². The molecule has 0 fully saturated rings. The predicted molar refractivity (Wildman–Crippen MR) is 183 cm³/mol. The van der Waals surface area contributed by atoms with Crippen molar-refractivity contribution in [2.45, 2.75) is 40.2 Å². The molecule has 6 aromatic rings. The van der Waals surface area contributed by atoms with Crippen molar-refractivity contribution in [3.8, 4) is 45.4 Å². The third-order valence-electron chi connectivity index (χ3n) is 6.78. The first-order valence-corrected chi connectivity index (χ1v) is 15.9. The van der Waals surface area contributed by atoms with Gasteiger partial charge in [0.05, 0.1) is 37.0 Å². The van der Waals surface area contributed by atoms with E-state index >= 15 is 0 Å². The zero-order chi connectivity index (χ0) is 37.4. The van der Waals surface area contributed by atoms with Gasteiger partial charge in [0.25, 0.3) is 0 Å². The molecule has 0 aliphatic carbocycles. The molecule has 6 rings (SSSR count). The van der Waals surface area contributed by atoms with Gasteiger partial charge >= 0.3 is 23.9 Å². The van der Waals surface area contributed by atoms with E-state index in [0.29, 0.717) is 28.1 Å². The van der Waals surface area contributed by atoms with Crippen molar-refractivity contribution in [2.75, 3.05) is 13.2 Å². The molecule has 0 saturated carbocycles. The van der Waals surface area contributed by atoms with Crippen molar-refractivity contribution in [3.63, 3.8) is 0 Å². The third kappa shape index (κ3) is 9.03. The SMILES string of the molecule is CCOC(=O)c1cnc(-c2cccc(-c3cc(C(=O)O)[nH]n3)c2)o1.CCOC(=O)c1cnc(-c2cccc(-c3cc(C(=O)OC(C)(C)C)[nH]n3)c2)o1. The van der Waals surface area contributed by atoms with Crippen LogP contribution in [-0.2, 0) is 14.2 Å². The van der Waals surface area contributed by atoms with Gasteiger partial charge in [-0.05, 0) is 71.0 Å². The lowest BCUT2D eigenvalue weighted by Gasteiger charge is -2.18. The van der Waals surface area contributed by atoms with E-state index in [9.17, 15) is 19.2 Å². The average Bonchev–Trinajstić information content (AvgIpc) is 3.95.